The van der Waals surface area contributed by atoms with E-state index in [1.54, 1.807) is 0 Å². The summed E-state index contributed by atoms with van der Waals surface area (Å²) in [7, 11) is 0. The fourth-order valence-electron chi connectivity index (χ4n) is 2.88. The van der Waals surface area contributed by atoms with Crippen LogP contribution in [0.25, 0.3) is 0 Å². The molecule has 1 aliphatic heterocycles. The summed E-state index contributed by atoms with van der Waals surface area (Å²) < 4.78 is 5.48. The lowest BCUT2D eigenvalue weighted by Gasteiger charge is -2.34. The summed E-state index contributed by atoms with van der Waals surface area (Å²) in [4.78, 5) is 14.6. The average molecular weight is 289 g/mol. The van der Waals surface area contributed by atoms with E-state index in [4.69, 9.17) is 4.74 Å². The van der Waals surface area contributed by atoms with Crippen molar-refractivity contribution in [3.63, 3.8) is 0 Å². The van der Waals surface area contributed by atoms with E-state index in [2.05, 4.69) is 17.0 Å². The van der Waals surface area contributed by atoms with Crippen LogP contribution in [0.2, 0.25) is 0 Å². The number of nitrogens with zero attached hydrogens (tertiary/aromatic N) is 1. The molecule has 0 radical (unpaired) electrons. The minimum absolute atomic E-state index is 0.00952. The third-order valence-corrected chi connectivity index (χ3v) is 4.28. The predicted octanol–water partition coefficient (Wildman–Crippen LogP) is 3.95. The molecule has 3 heteroatoms. The maximum absolute atomic E-state index is 12.2. The Kier molecular flexibility index (Phi) is 6.24. The molecular formula is C18H27NO2. The lowest BCUT2D eigenvalue weighted by Crippen LogP contribution is -2.35. The Morgan fingerprint density at radius 3 is 2.48 bits per heavy atom. The molecule has 0 aliphatic carbocycles. The Hall–Kier alpha value is -1.35. The van der Waals surface area contributed by atoms with Crippen molar-refractivity contribution in [2.45, 2.75) is 58.1 Å². The first-order chi connectivity index (χ1) is 10.2. The minimum atomic E-state index is -0.0798. The van der Waals surface area contributed by atoms with Crippen molar-refractivity contribution >= 4 is 5.97 Å². The Morgan fingerprint density at radius 1 is 1.19 bits per heavy atom. The summed E-state index contributed by atoms with van der Waals surface area (Å²) in [5.74, 6) is -0.0798. The molecule has 1 saturated heterocycles. The van der Waals surface area contributed by atoms with Gasteiger partial charge in [-0.2, -0.15) is 0 Å². The monoisotopic (exact) mass is 289 g/mol. The molecule has 0 bridgehead atoms. The normalized spacial score (nSPS) is 19.0. The van der Waals surface area contributed by atoms with Crippen LogP contribution in [0.1, 0.15) is 57.6 Å². The minimum Gasteiger partial charge on any atom is -0.463 e. The van der Waals surface area contributed by atoms with E-state index >= 15 is 0 Å². The molecule has 1 aliphatic rings. The van der Waals surface area contributed by atoms with Gasteiger partial charge in [-0.05, 0) is 44.8 Å². The fraction of sp³-hybridized carbons (Fsp3) is 0.611. The second-order valence-corrected chi connectivity index (χ2v) is 5.94. The van der Waals surface area contributed by atoms with Crippen molar-refractivity contribution in [2.75, 3.05) is 13.1 Å². The first kappa shape index (κ1) is 16.0. The van der Waals surface area contributed by atoms with E-state index in [-0.39, 0.29) is 18.1 Å². The smallest absolute Gasteiger partial charge is 0.307 e. The van der Waals surface area contributed by atoms with Crippen LogP contribution in [0.15, 0.2) is 30.3 Å². The standard InChI is InChI=1S/C18H27NO2/c1-3-15(2)21-18(20)14-17(16-10-6-4-7-11-16)19-12-8-5-9-13-19/h4,6-7,10-11,15,17H,3,5,8-9,12-14H2,1-2H3. The molecule has 116 valence electrons. The number of ether oxygens (including phenoxy) is 1. The summed E-state index contributed by atoms with van der Waals surface area (Å²) in [5, 5.41) is 0. The lowest BCUT2D eigenvalue weighted by atomic mass is 9.99. The molecule has 2 rings (SSSR count). The number of rotatable bonds is 6. The third-order valence-electron chi connectivity index (χ3n) is 4.28. The van der Waals surface area contributed by atoms with Crippen LogP contribution in [0.5, 0.6) is 0 Å². The highest BCUT2D eigenvalue weighted by molar-refractivity contribution is 5.70. The van der Waals surface area contributed by atoms with Gasteiger partial charge in [-0.1, -0.05) is 43.7 Å². The first-order valence-corrected chi connectivity index (χ1v) is 8.19. The average Bonchev–Trinajstić information content (AvgIpc) is 2.54. The topological polar surface area (TPSA) is 29.5 Å². The molecule has 21 heavy (non-hydrogen) atoms. The number of esters is 1. The van der Waals surface area contributed by atoms with Gasteiger partial charge in [0.2, 0.25) is 0 Å². The summed E-state index contributed by atoms with van der Waals surface area (Å²) in [6.07, 6.45) is 5.08. The van der Waals surface area contributed by atoms with Gasteiger partial charge in [-0.25, -0.2) is 0 Å². The molecule has 0 saturated carbocycles. The zero-order valence-corrected chi connectivity index (χ0v) is 13.3. The molecule has 2 unspecified atom stereocenters. The van der Waals surface area contributed by atoms with Crippen LogP contribution in [0.4, 0.5) is 0 Å². The van der Waals surface area contributed by atoms with Crippen molar-refractivity contribution < 1.29 is 9.53 Å². The van der Waals surface area contributed by atoms with Crippen molar-refractivity contribution in [3.05, 3.63) is 35.9 Å². The molecule has 3 nitrogen and oxygen atoms in total. The van der Waals surface area contributed by atoms with E-state index in [1.807, 2.05) is 32.0 Å². The van der Waals surface area contributed by atoms with Crippen molar-refractivity contribution in [1.29, 1.82) is 0 Å². The predicted molar refractivity (Wildman–Crippen MR) is 85.1 cm³/mol. The van der Waals surface area contributed by atoms with Crippen LogP contribution in [0, 0.1) is 0 Å². The number of likely N-dealkylation sites (tertiary alicyclic amines) is 1. The number of carbonyl (C=O) groups excluding carboxylic acids is 1. The SMILES string of the molecule is CCC(C)OC(=O)CC(c1ccccc1)N1CCCCC1. The number of carbonyl (C=O) groups is 1. The Bertz CT molecular complexity index is 426. The van der Waals surface area contributed by atoms with Crippen LogP contribution < -0.4 is 0 Å². The highest BCUT2D eigenvalue weighted by Gasteiger charge is 2.25. The molecule has 1 aromatic carbocycles. The second kappa shape index (κ2) is 8.18. The van der Waals surface area contributed by atoms with E-state index in [0.717, 1.165) is 19.5 Å². The van der Waals surface area contributed by atoms with E-state index < -0.39 is 0 Å². The fourth-order valence-corrected chi connectivity index (χ4v) is 2.88. The molecule has 0 spiro atoms. The van der Waals surface area contributed by atoms with Crippen molar-refractivity contribution in [2.24, 2.45) is 0 Å². The quantitative estimate of drug-likeness (QED) is 0.743. The van der Waals surface area contributed by atoms with Gasteiger partial charge in [0.15, 0.2) is 0 Å². The van der Waals surface area contributed by atoms with Gasteiger partial charge in [-0.3, -0.25) is 9.69 Å². The van der Waals surface area contributed by atoms with Crippen LogP contribution in [-0.4, -0.2) is 30.1 Å². The highest BCUT2D eigenvalue weighted by Crippen LogP contribution is 2.28. The van der Waals surface area contributed by atoms with Gasteiger partial charge in [0.25, 0.3) is 0 Å². The van der Waals surface area contributed by atoms with Gasteiger partial charge < -0.3 is 4.74 Å². The third kappa shape index (κ3) is 4.85. The molecule has 2 atom stereocenters. The van der Waals surface area contributed by atoms with E-state index in [9.17, 15) is 4.79 Å². The Morgan fingerprint density at radius 2 is 1.86 bits per heavy atom. The maximum atomic E-state index is 12.2. The summed E-state index contributed by atoms with van der Waals surface area (Å²) >= 11 is 0. The van der Waals surface area contributed by atoms with Crippen LogP contribution in [0.3, 0.4) is 0 Å². The molecule has 0 aromatic heterocycles. The van der Waals surface area contributed by atoms with Crippen LogP contribution in [-0.2, 0) is 9.53 Å². The molecule has 1 aromatic rings. The zero-order valence-electron chi connectivity index (χ0n) is 13.3. The van der Waals surface area contributed by atoms with Gasteiger partial charge in [0.1, 0.15) is 0 Å². The first-order valence-electron chi connectivity index (χ1n) is 8.19. The molecule has 0 amide bonds. The number of benzene rings is 1. The number of hydrogen-bond donors (Lipinski definition) is 0. The molecule has 0 N–H and O–H groups in total. The number of piperidine rings is 1. The summed E-state index contributed by atoms with van der Waals surface area (Å²) in [6, 6.07) is 10.5. The summed E-state index contributed by atoms with van der Waals surface area (Å²) in [6.45, 7) is 6.15. The van der Waals surface area contributed by atoms with Crippen LogP contribution >= 0.6 is 0 Å². The van der Waals surface area contributed by atoms with Gasteiger partial charge in [0, 0.05) is 6.04 Å². The second-order valence-electron chi connectivity index (χ2n) is 5.94. The zero-order chi connectivity index (χ0) is 15.1. The Balaban J connectivity index is 2.06. The lowest BCUT2D eigenvalue weighted by molar-refractivity contribution is -0.150. The van der Waals surface area contributed by atoms with Gasteiger partial charge in [0.05, 0.1) is 12.5 Å². The largest absolute Gasteiger partial charge is 0.463 e. The number of hydrogen-bond acceptors (Lipinski definition) is 3. The Labute approximate surface area is 128 Å². The summed E-state index contributed by atoms with van der Waals surface area (Å²) in [5.41, 5.74) is 1.22. The highest BCUT2D eigenvalue weighted by atomic mass is 16.5. The van der Waals surface area contributed by atoms with Crippen molar-refractivity contribution in [1.82, 2.24) is 4.90 Å². The van der Waals surface area contributed by atoms with E-state index in [1.165, 1.54) is 24.8 Å². The van der Waals surface area contributed by atoms with E-state index in [0.29, 0.717) is 6.42 Å². The van der Waals surface area contributed by atoms with Gasteiger partial charge >= 0.3 is 5.97 Å². The molecule has 1 fully saturated rings. The van der Waals surface area contributed by atoms with Crippen molar-refractivity contribution in [3.8, 4) is 0 Å². The molecule has 1 heterocycles. The maximum Gasteiger partial charge on any atom is 0.307 e. The van der Waals surface area contributed by atoms with Gasteiger partial charge in [-0.15, -0.1) is 0 Å². The molecular weight excluding hydrogens is 262 g/mol.